The van der Waals surface area contributed by atoms with Gasteiger partial charge in [0, 0.05) is 11.8 Å². The number of fused-ring (bicyclic) bond motifs is 1. The zero-order valence-electron chi connectivity index (χ0n) is 9.65. The molecule has 0 bridgehead atoms. The summed E-state index contributed by atoms with van der Waals surface area (Å²) >= 11 is 0. The van der Waals surface area contributed by atoms with E-state index >= 15 is 0 Å². The van der Waals surface area contributed by atoms with E-state index in [0.717, 1.165) is 6.07 Å². The van der Waals surface area contributed by atoms with Gasteiger partial charge >= 0.3 is 12.3 Å². The predicted molar refractivity (Wildman–Crippen MR) is 58.1 cm³/mol. The topological polar surface area (TPSA) is 84.9 Å². The maximum atomic E-state index is 12.8. The van der Waals surface area contributed by atoms with E-state index < -0.39 is 24.1 Å². The Balaban J connectivity index is 2.13. The molecule has 2 rings (SSSR count). The molecule has 0 saturated heterocycles. The highest BCUT2D eigenvalue weighted by atomic mass is 19.3. The van der Waals surface area contributed by atoms with Gasteiger partial charge in [-0.3, -0.25) is 9.59 Å². The second-order valence-electron chi connectivity index (χ2n) is 3.88. The van der Waals surface area contributed by atoms with Crippen molar-refractivity contribution in [2.45, 2.75) is 13.2 Å². The number of carbonyl (C=O) groups is 2. The van der Waals surface area contributed by atoms with Gasteiger partial charge in [-0.25, -0.2) is 0 Å². The number of benzene rings is 1. The molecule has 1 aliphatic rings. The lowest BCUT2D eigenvalue weighted by molar-refractivity contribution is -0.286. The second-order valence-corrected chi connectivity index (χ2v) is 3.88. The lowest BCUT2D eigenvalue weighted by Gasteiger charge is -2.08. The van der Waals surface area contributed by atoms with Crippen LogP contribution >= 0.6 is 0 Å². The van der Waals surface area contributed by atoms with Crippen molar-refractivity contribution in [3.05, 3.63) is 18.2 Å². The normalized spacial score (nSPS) is 16.8. The lowest BCUT2D eigenvalue weighted by atomic mass is 10.1. The summed E-state index contributed by atoms with van der Waals surface area (Å²) in [5, 5.41) is 10.9. The van der Waals surface area contributed by atoms with Gasteiger partial charge in [-0.2, -0.15) is 0 Å². The highest BCUT2D eigenvalue weighted by Crippen LogP contribution is 2.42. The number of ether oxygens (including phenoxy) is 2. The standard InChI is InChI=1S/C11H9F2NO5/c1-5(10(16)17)9(15)14-6-2-3-7-8(4-6)19-11(12,13)18-7/h2-5H,1H3,(H,14,15)(H,16,17). The number of carboxylic acids is 1. The summed E-state index contributed by atoms with van der Waals surface area (Å²) < 4.78 is 33.9. The number of carbonyl (C=O) groups excluding carboxylic acids is 1. The van der Waals surface area contributed by atoms with Crippen LogP contribution in [0.5, 0.6) is 11.5 Å². The summed E-state index contributed by atoms with van der Waals surface area (Å²) in [5.74, 6) is -3.70. The summed E-state index contributed by atoms with van der Waals surface area (Å²) in [4.78, 5) is 22.1. The Morgan fingerprint density at radius 2 is 1.95 bits per heavy atom. The number of halogens is 2. The van der Waals surface area contributed by atoms with Gasteiger partial charge in [0.05, 0.1) is 0 Å². The molecule has 1 aromatic rings. The van der Waals surface area contributed by atoms with Gasteiger partial charge in [-0.15, -0.1) is 8.78 Å². The molecule has 0 fully saturated rings. The van der Waals surface area contributed by atoms with Gasteiger partial charge < -0.3 is 19.9 Å². The van der Waals surface area contributed by atoms with E-state index in [1.54, 1.807) is 0 Å². The minimum Gasteiger partial charge on any atom is -0.481 e. The largest absolute Gasteiger partial charge is 0.586 e. The molecule has 8 heteroatoms. The first-order chi connectivity index (χ1) is 8.78. The lowest BCUT2D eigenvalue weighted by Crippen LogP contribution is -2.26. The average molecular weight is 273 g/mol. The van der Waals surface area contributed by atoms with Crippen LogP contribution in [0, 0.1) is 5.92 Å². The molecule has 1 aromatic carbocycles. The number of aliphatic carboxylic acids is 1. The minimum absolute atomic E-state index is 0.137. The molecule has 1 aliphatic heterocycles. The van der Waals surface area contributed by atoms with Crippen LogP contribution in [0.2, 0.25) is 0 Å². The zero-order valence-corrected chi connectivity index (χ0v) is 9.65. The van der Waals surface area contributed by atoms with Crippen molar-refractivity contribution in [2.75, 3.05) is 5.32 Å². The molecule has 0 aromatic heterocycles. The highest BCUT2D eigenvalue weighted by molar-refractivity contribution is 6.03. The van der Waals surface area contributed by atoms with E-state index in [1.807, 2.05) is 0 Å². The fourth-order valence-corrected chi connectivity index (χ4v) is 1.39. The van der Waals surface area contributed by atoms with Gasteiger partial charge in [0.15, 0.2) is 11.5 Å². The number of anilines is 1. The molecular weight excluding hydrogens is 264 g/mol. The SMILES string of the molecule is CC(C(=O)O)C(=O)Nc1ccc2c(c1)OC(F)(F)O2. The zero-order chi connectivity index (χ0) is 14.2. The second kappa shape index (κ2) is 4.38. The van der Waals surface area contributed by atoms with Crippen LogP contribution in [0.3, 0.4) is 0 Å². The number of carboxylic acid groups (broad SMARTS) is 1. The highest BCUT2D eigenvalue weighted by Gasteiger charge is 2.43. The third-order valence-electron chi connectivity index (χ3n) is 2.43. The monoisotopic (exact) mass is 273 g/mol. The molecule has 1 amide bonds. The van der Waals surface area contributed by atoms with Crippen molar-refractivity contribution in [1.82, 2.24) is 0 Å². The average Bonchev–Trinajstić information content (AvgIpc) is 2.60. The molecular formula is C11H9F2NO5. The molecule has 2 N–H and O–H groups in total. The van der Waals surface area contributed by atoms with Crippen LogP contribution in [0.25, 0.3) is 0 Å². The predicted octanol–water partition coefficient (Wildman–Crippen LogP) is 1.67. The van der Waals surface area contributed by atoms with Crippen molar-refractivity contribution >= 4 is 17.6 Å². The maximum Gasteiger partial charge on any atom is 0.586 e. The summed E-state index contributed by atoms with van der Waals surface area (Å²) in [5.41, 5.74) is 0.137. The van der Waals surface area contributed by atoms with Crippen LogP contribution in [-0.4, -0.2) is 23.3 Å². The van der Waals surface area contributed by atoms with Gasteiger partial charge in [0.2, 0.25) is 5.91 Å². The Morgan fingerprint density at radius 1 is 1.32 bits per heavy atom. The Morgan fingerprint density at radius 3 is 2.58 bits per heavy atom. The molecule has 0 spiro atoms. The van der Waals surface area contributed by atoms with Crippen LogP contribution in [0.4, 0.5) is 14.5 Å². The molecule has 102 valence electrons. The first-order valence-electron chi connectivity index (χ1n) is 5.22. The van der Waals surface area contributed by atoms with Crippen molar-refractivity contribution in [3.63, 3.8) is 0 Å². The quantitative estimate of drug-likeness (QED) is 0.818. The summed E-state index contributed by atoms with van der Waals surface area (Å²) in [7, 11) is 0. The Kier molecular flexibility index (Phi) is 3.01. The van der Waals surface area contributed by atoms with Gasteiger partial charge in [-0.1, -0.05) is 0 Å². The molecule has 0 saturated carbocycles. The summed E-state index contributed by atoms with van der Waals surface area (Å²) in [6, 6.07) is 3.62. The minimum atomic E-state index is -3.74. The third kappa shape index (κ3) is 2.72. The molecule has 0 aliphatic carbocycles. The van der Waals surface area contributed by atoms with Crippen LogP contribution < -0.4 is 14.8 Å². The molecule has 1 unspecified atom stereocenters. The molecule has 6 nitrogen and oxygen atoms in total. The number of hydrogen-bond donors (Lipinski definition) is 2. The van der Waals surface area contributed by atoms with Crippen molar-refractivity contribution in [1.29, 1.82) is 0 Å². The Hall–Kier alpha value is -2.38. The van der Waals surface area contributed by atoms with Crippen LogP contribution in [0.15, 0.2) is 18.2 Å². The van der Waals surface area contributed by atoms with E-state index in [-0.39, 0.29) is 17.2 Å². The molecule has 0 radical (unpaired) electrons. The Bertz CT molecular complexity index is 546. The van der Waals surface area contributed by atoms with E-state index in [0.29, 0.717) is 0 Å². The fourth-order valence-electron chi connectivity index (χ4n) is 1.39. The number of alkyl halides is 2. The van der Waals surface area contributed by atoms with E-state index in [1.165, 1.54) is 19.1 Å². The molecule has 1 atom stereocenters. The van der Waals surface area contributed by atoms with E-state index in [2.05, 4.69) is 14.8 Å². The van der Waals surface area contributed by atoms with Crippen molar-refractivity contribution in [2.24, 2.45) is 5.92 Å². The third-order valence-corrected chi connectivity index (χ3v) is 2.43. The maximum absolute atomic E-state index is 12.8. The first kappa shape index (κ1) is 13.1. The van der Waals surface area contributed by atoms with E-state index in [9.17, 15) is 18.4 Å². The van der Waals surface area contributed by atoms with Crippen molar-refractivity contribution in [3.8, 4) is 11.5 Å². The van der Waals surface area contributed by atoms with E-state index in [4.69, 9.17) is 5.11 Å². The van der Waals surface area contributed by atoms with Gasteiger partial charge in [0.1, 0.15) is 5.92 Å². The summed E-state index contributed by atoms with van der Waals surface area (Å²) in [6.07, 6.45) is -3.74. The van der Waals surface area contributed by atoms with Gasteiger partial charge in [0.25, 0.3) is 0 Å². The van der Waals surface area contributed by atoms with Crippen LogP contribution in [-0.2, 0) is 9.59 Å². The van der Waals surface area contributed by atoms with Gasteiger partial charge in [-0.05, 0) is 19.1 Å². The molecule has 1 heterocycles. The number of hydrogen-bond acceptors (Lipinski definition) is 4. The smallest absolute Gasteiger partial charge is 0.481 e. The number of nitrogens with one attached hydrogen (secondary N) is 1. The number of amides is 1. The molecule has 19 heavy (non-hydrogen) atoms. The van der Waals surface area contributed by atoms with Crippen molar-refractivity contribution < 1.29 is 33.0 Å². The Labute approximate surface area is 105 Å². The fraction of sp³-hybridized carbons (Fsp3) is 0.273. The first-order valence-corrected chi connectivity index (χ1v) is 5.22. The van der Waals surface area contributed by atoms with Crippen LogP contribution in [0.1, 0.15) is 6.92 Å². The number of rotatable bonds is 3. The summed E-state index contributed by atoms with van der Waals surface area (Å²) in [6.45, 7) is 1.21.